The van der Waals surface area contributed by atoms with Gasteiger partial charge >= 0.3 is 0 Å². The van der Waals surface area contributed by atoms with E-state index in [0.29, 0.717) is 57.9 Å². The number of carbonyl (C=O) groups excluding carboxylic acids is 1. The van der Waals surface area contributed by atoms with Gasteiger partial charge in [-0.3, -0.25) is 24.3 Å². The molecule has 33 heavy (non-hydrogen) atoms. The Morgan fingerprint density at radius 1 is 1.12 bits per heavy atom. The summed E-state index contributed by atoms with van der Waals surface area (Å²) in [6.07, 6.45) is 1.52. The summed E-state index contributed by atoms with van der Waals surface area (Å²) in [6, 6.07) is 7.11. The number of likely N-dealkylation sites (N-methyl/N-ethyl adjacent to an activating group) is 1. The molecular weight excluding hydrogens is 465 g/mol. The van der Waals surface area contributed by atoms with Gasteiger partial charge in [-0.15, -0.1) is 0 Å². The molecule has 0 bridgehead atoms. The Hall–Kier alpha value is -3.21. The number of hydrogen-bond acceptors (Lipinski definition) is 8. The average Bonchev–Trinajstić information content (AvgIpc) is 3.42. The van der Waals surface area contributed by atoms with Crippen LogP contribution in [-0.4, -0.2) is 63.2 Å². The van der Waals surface area contributed by atoms with Crippen LogP contribution in [0.15, 0.2) is 35.5 Å². The normalized spacial score (nSPS) is 17.5. The summed E-state index contributed by atoms with van der Waals surface area (Å²) < 4.78 is 1.99. The maximum absolute atomic E-state index is 13.5. The lowest BCUT2D eigenvalue weighted by Gasteiger charge is -2.35. The molecule has 1 amide bonds. The fourth-order valence-electron chi connectivity index (χ4n) is 4.31. The molecule has 3 aliphatic heterocycles. The summed E-state index contributed by atoms with van der Waals surface area (Å²) in [5, 5.41) is 8.50. The smallest absolute Gasteiger partial charge is 0.270 e. The zero-order chi connectivity index (χ0) is 22.7. The summed E-state index contributed by atoms with van der Waals surface area (Å²) in [6.45, 7) is 3.72. The first-order valence-electron chi connectivity index (χ1n) is 10.5. The van der Waals surface area contributed by atoms with Crippen molar-refractivity contribution < 1.29 is 4.79 Å². The summed E-state index contributed by atoms with van der Waals surface area (Å²) in [4.78, 5) is 32.6. The Balaban J connectivity index is 1.36. The van der Waals surface area contributed by atoms with Gasteiger partial charge in [0.05, 0.1) is 34.5 Å². The van der Waals surface area contributed by atoms with Gasteiger partial charge < -0.3 is 5.32 Å². The van der Waals surface area contributed by atoms with Gasteiger partial charge in [0, 0.05) is 31.9 Å². The number of rotatable bonds is 3. The molecule has 12 heteroatoms. The van der Waals surface area contributed by atoms with E-state index in [2.05, 4.69) is 37.3 Å². The lowest BCUT2D eigenvalue weighted by Crippen LogP contribution is -2.51. The van der Waals surface area contributed by atoms with Crippen LogP contribution in [0.5, 0.6) is 0 Å². The zero-order valence-electron chi connectivity index (χ0n) is 17.7. The maximum atomic E-state index is 13.5. The van der Waals surface area contributed by atoms with E-state index in [1.54, 1.807) is 18.2 Å². The molecule has 10 nitrogen and oxygen atoms in total. The van der Waals surface area contributed by atoms with Crippen molar-refractivity contribution in [3.05, 3.63) is 51.8 Å². The van der Waals surface area contributed by atoms with Crippen LogP contribution >= 0.6 is 23.2 Å². The van der Waals surface area contributed by atoms with Gasteiger partial charge in [0.2, 0.25) is 11.9 Å². The van der Waals surface area contributed by atoms with Gasteiger partial charge in [0.25, 0.3) is 5.91 Å². The van der Waals surface area contributed by atoms with E-state index in [9.17, 15) is 4.79 Å². The first-order chi connectivity index (χ1) is 16.0. The lowest BCUT2D eigenvalue weighted by atomic mass is 10.1. The number of nitrogens with one attached hydrogen (secondary N) is 1. The molecule has 5 heterocycles. The van der Waals surface area contributed by atoms with Crippen molar-refractivity contribution in [3.8, 4) is 0 Å². The second kappa shape index (κ2) is 7.68. The monoisotopic (exact) mass is 483 g/mol. The first-order valence-corrected chi connectivity index (χ1v) is 11.2. The number of guanidine groups is 1. The third-order valence-electron chi connectivity index (χ3n) is 5.87. The van der Waals surface area contributed by atoms with Gasteiger partial charge in [-0.05, 0) is 19.2 Å². The number of fused-ring (bicyclic) bond motifs is 4. The highest BCUT2D eigenvalue weighted by molar-refractivity contribution is 6.43. The highest BCUT2D eigenvalue weighted by Crippen LogP contribution is 2.39. The number of halogens is 2. The van der Waals surface area contributed by atoms with E-state index < -0.39 is 0 Å². The second-order valence-electron chi connectivity index (χ2n) is 8.08. The molecule has 0 spiro atoms. The predicted molar refractivity (Wildman–Crippen MR) is 127 cm³/mol. The summed E-state index contributed by atoms with van der Waals surface area (Å²) >= 11 is 12.8. The number of benzene rings is 1. The minimum Gasteiger partial charge on any atom is -0.307 e. The minimum atomic E-state index is -0.330. The quantitative estimate of drug-likeness (QED) is 0.611. The summed E-state index contributed by atoms with van der Waals surface area (Å²) in [5.74, 6) is 1.65. The van der Waals surface area contributed by atoms with E-state index in [1.807, 2.05) is 15.6 Å². The summed E-state index contributed by atoms with van der Waals surface area (Å²) in [7, 11) is 2.08. The predicted octanol–water partition coefficient (Wildman–Crippen LogP) is 3.01. The van der Waals surface area contributed by atoms with Crippen LogP contribution in [0.2, 0.25) is 10.0 Å². The van der Waals surface area contributed by atoms with E-state index >= 15 is 0 Å². The standard InChI is InChI=1S/C21H19Cl2N9O/c1-29-7-8-31-12(11-29)9-16(28-31)26-20-25-10-13-18(27-20)30-6-5-24-21(30)32(19(13)33)17-14(22)3-2-4-15(17)23/h2-4,9-10H,5-8,11H2,1H3,(H,25,26,27,28). The fourth-order valence-corrected chi connectivity index (χ4v) is 4.87. The molecule has 0 saturated carbocycles. The van der Waals surface area contributed by atoms with E-state index in [-0.39, 0.29) is 5.91 Å². The maximum Gasteiger partial charge on any atom is 0.270 e. The number of carbonyl (C=O) groups is 1. The number of hydrogen-bond donors (Lipinski definition) is 1. The highest BCUT2D eigenvalue weighted by atomic mass is 35.5. The fraction of sp³-hybridized carbons (Fsp3) is 0.286. The van der Waals surface area contributed by atoms with Crippen molar-refractivity contribution in [1.82, 2.24) is 24.6 Å². The molecule has 1 aromatic carbocycles. The van der Waals surface area contributed by atoms with Gasteiger partial charge in [-0.25, -0.2) is 9.88 Å². The molecule has 3 aromatic rings. The molecule has 168 valence electrons. The molecule has 0 radical (unpaired) electrons. The van der Waals surface area contributed by atoms with Gasteiger partial charge in [0.1, 0.15) is 5.56 Å². The van der Waals surface area contributed by atoms with Gasteiger partial charge in [0.15, 0.2) is 11.6 Å². The van der Waals surface area contributed by atoms with Gasteiger partial charge in [-0.1, -0.05) is 29.3 Å². The molecule has 3 aliphatic rings. The molecule has 0 atom stereocenters. The van der Waals surface area contributed by atoms with Crippen molar-refractivity contribution in [3.63, 3.8) is 0 Å². The van der Waals surface area contributed by atoms with E-state index in [4.69, 9.17) is 23.2 Å². The first kappa shape index (κ1) is 20.4. The number of amides is 1. The molecular formula is C21H19Cl2N9O. The molecule has 6 rings (SSSR count). The minimum absolute atomic E-state index is 0.330. The van der Waals surface area contributed by atoms with Crippen molar-refractivity contribution >= 4 is 58.3 Å². The summed E-state index contributed by atoms with van der Waals surface area (Å²) in [5.41, 5.74) is 1.88. The van der Waals surface area contributed by atoms with Crippen LogP contribution in [0.3, 0.4) is 0 Å². The molecule has 2 aromatic heterocycles. The zero-order valence-corrected chi connectivity index (χ0v) is 19.2. The number of aromatic nitrogens is 4. The van der Waals surface area contributed by atoms with Crippen LogP contribution in [0.1, 0.15) is 16.1 Å². The SMILES string of the molecule is CN1CCn2nc(Nc3ncc4c(n3)N3CCN=C3N(c3c(Cl)cccc3Cl)C4=O)cc2C1. The number of anilines is 4. The van der Waals surface area contributed by atoms with Crippen LogP contribution in [0.25, 0.3) is 0 Å². The Labute approximate surface area is 199 Å². The van der Waals surface area contributed by atoms with Crippen molar-refractivity contribution in [1.29, 1.82) is 0 Å². The molecule has 0 unspecified atom stereocenters. The van der Waals surface area contributed by atoms with Crippen LogP contribution in [0.4, 0.5) is 23.3 Å². The van der Waals surface area contributed by atoms with Crippen molar-refractivity contribution in [2.45, 2.75) is 13.1 Å². The highest BCUT2D eigenvalue weighted by Gasteiger charge is 2.41. The number of nitrogens with zero attached hydrogens (tertiary/aromatic N) is 8. The molecule has 0 aliphatic carbocycles. The average molecular weight is 484 g/mol. The lowest BCUT2D eigenvalue weighted by molar-refractivity contribution is 0.1000. The molecule has 1 N–H and O–H groups in total. The van der Waals surface area contributed by atoms with Gasteiger partial charge in [-0.2, -0.15) is 10.1 Å². The third kappa shape index (κ3) is 3.33. The molecule has 0 fully saturated rings. The Morgan fingerprint density at radius 3 is 2.76 bits per heavy atom. The number of para-hydroxylation sites is 1. The Bertz CT molecular complexity index is 1300. The largest absolute Gasteiger partial charge is 0.307 e. The topological polar surface area (TPSA) is 94.8 Å². The Morgan fingerprint density at radius 2 is 1.94 bits per heavy atom. The molecule has 0 saturated heterocycles. The number of aliphatic imine (C=N–C) groups is 1. The van der Waals surface area contributed by atoms with Crippen LogP contribution in [-0.2, 0) is 13.1 Å². The van der Waals surface area contributed by atoms with Crippen LogP contribution in [0, 0.1) is 0 Å². The van der Waals surface area contributed by atoms with E-state index in [0.717, 1.165) is 25.3 Å². The van der Waals surface area contributed by atoms with Crippen molar-refractivity contribution in [2.75, 3.05) is 41.8 Å². The van der Waals surface area contributed by atoms with E-state index in [1.165, 1.54) is 11.1 Å². The second-order valence-corrected chi connectivity index (χ2v) is 8.90. The Kier molecular flexibility index (Phi) is 4.75. The third-order valence-corrected chi connectivity index (χ3v) is 6.48. The van der Waals surface area contributed by atoms with Crippen LogP contribution < -0.4 is 15.1 Å². The van der Waals surface area contributed by atoms with Crippen molar-refractivity contribution in [2.24, 2.45) is 4.99 Å².